The molecule has 0 amide bonds. The van der Waals surface area contributed by atoms with Gasteiger partial charge in [-0.1, -0.05) is 288 Å². The minimum atomic E-state index is -0.768. The molecule has 0 saturated carbocycles. The zero-order chi connectivity index (χ0) is 50.0. The fourth-order valence-electron chi connectivity index (χ4n) is 8.85. The Labute approximate surface area is 428 Å². The first-order chi connectivity index (χ1) is 34.0. The van der Waals surface area contributed by atoms with Gasteiger partial charge in [-0.15, -0.1) is 0 Å². The minimum Gasteiger partial charge on any atom is -0.462 e. The Morgan fingerprint density at radius 1 is 0.304 bits per heavy atom. The van der Waals surface area contributed by atoms with Crippen LogP contribution in [0.25, 0.3) is 0 Å². The fraction of sp³-hybridized carbons (Fsp3) is 0.825. The summed E-state index contributed by atoms with van der Waals surface area (Å²) in [6.45, 7) is 6.56. The van der Waals surface area contributed by atoms with E-state index in [1.165, 1.54) is 193 Å². The molecule has 0 bridgehead atoms. The maximum Gasteiger partial charge on any atom is 0.306 e. The predicted octanol–water partition coefficient (Wildman–Crippen LogP) is 20.2. The molecule has 0 rings (SSSR count). The third kappa shape index (κ3) is 56.2. The summed E-state index contributed by atoms with van der Waals surface area (Å²) in [5.41, 5.74) is 0. The number of carbonyl (C=O) groups excluding carboxylic acids is 3. The smallest absolute Gasteiger partial charge is 0.306 e. The van der Waals surface area contributed by atoms with Crippen LogP contribution in [0.15, 0.2) is 48.6 Å². The summed E-state index contributed by atoms with van der Waals surface area (Å²) in [6, 6.07) is 0. The lowest BCUT2D eigenvalue weighted by molar-refractivity contribution is -0.167. The average Bonchev–Trinajstić information content (AvgIpc) is 3.35. The molecule has 6 heteroatoms. The van der Waals surface area contributed by atoms with Gasteiger partial charge >= 0.3 is 17.9 Å². The molecule has 0 saturated heterocycles. The van der Waals surface area contributed by atoms with Crippen molar-refractivity contribution in [3.63, 3.8) is 0 Å². The van der Waals surface area contributed by atoms with Crippen molar-refractivity contribution in [2.45, 2.75) is 322 Å². The number of carbonyl (C=O) groups is 3. The first kappa shape index (κ1) is 66.4. The number of ether oxygens (including phenoxy) is 3. The Kier molecular flexibility index (Phi) is 55.7. The van der Waals surface area contributed by atoms with E-state index in [-0.39, 0.29) is 31.1 Å². The summed E-state index contributed by atoms with van der Waals surface area (Å²) < 4.78 is 16.9. The molecule has 0 heterocycles. The van der Waals surface area contributed by atoms with Crippen LogP contribution in [0, 0.1) is 0 Å². The van der Waals surface area contributed by atoms with Gasteiger partial charge in [-0.2, -0.15) is 0 Å². The Bertz CT molecular complexity index is 1200. The monoisotopic (exact) mass is 967 g/mol. The third-order valence-corrected chi connectivity index (χ3v) is 13.3. The van der Waals surface area contributed by atoms with Gasteiger partial charge in [0, 0.05) is 19.3 Å². The van der Waals surface area contributed by atoms with Gasteiger partial charge in [0.15, 0.2) is 6.10 Å². The van der Waals surface area contributed by atoms with Crippen LogP contribution in [0.3, 0.4) is 0 Å². The second-order valence-corrected chi connectivity index (χ2v) is 20.2. The maximum absolute atomic E-state index is 12.8. The van der Waals surface area contributed by atoms with Crippen molar-refractivity contribution in [2.24, 2.45) is 0 Å². The van der Waals surface area contributed by atoms with Crippen LogP contribution in [-0.2, 0) is 28.6 Å². The SMILES string of the molecule is CC/C=C\C/C=C\C/C=C\C/C=C\CCCCCCCCCCCCCCC(=O)OCC(COC(=O)CCCCCCCCCCCCCC)OC(=O)CCCCCCCCCCCCCCCC. The first-order valence-corrected chi connectivity index (χ1v) is 30.1. The highest BCUT2D eigenvalue weighted by molar-refractivity contribution is 5.71. The molecule has 0 aromatic rings. The van der Waals surface area contributed by atoms with Gasteiger partial charge < -0.3 is 14.2 Å². The minimum absolute atomic E-state index is 0.0679. The lowest BCUT2D eigenvalue weighted by atomic mass is 10.0. The van der Waals surface area contributed by atoms with Crippen molar-refractivity contribution >= 4 is 17.9 Å². The van der Waals surface area contributed by atoms with E-state index in [4.69, 9.17) is 14.2 Å². The molecule has 0 aliphatic carbocycles. The van der Waals surface area contributed by atoms with Crippen molar-refractivity contribution < 1.29 is 28.6 Å². The van der Waals surface area contributed by atoms with Gasteiger partial charge in [0.1, 0.15) is 13.2 Å². The first-order valence-electron chi connectivity index (χ1n) is 30.1. The van der Waals surface area contributed by atoms with E-state index < -0.39 is 6.10 Å². The van der Waals surface area contributed by atoms with Crippen molar-refractivity contribution in [3.05, 3.63) is 48.6 Å². The average molecular weight is 968 g/mol. The summed E-state index contributed by atoms with van der Waals surface area (Å²) in [6.07, 6.45) is 71.1. The Morgan fingerprint density at radius 2 is 0.565 bits per heavy atom. The Morgan fingerprint density at radius 3 is 0.884 bits per heavy atom. The molecule has 1 unspecified atom stereocenters. The molecule has 6 nitrogen and oxygen atoms in total. The molecule has 69 heavy (non-hydrogen) atoms. The quantitative estimate of drug-likeness (QED) is 0.0262. The standard InChI is InChI=1S/C63H114O6/c1-4-7-10-13-16-19-22-25-27-28-29-30-31-32-33-34-35-36-37-39-41-44-47-50-53-56-62(65)68-59-60(58-67-61(64)55-52-49-46-43-40-24-21-18-15-12-9-6-3)69-63(66)57-54-51-48-45-42-38-26-23-20-17-14-11-8-5-2/h7,10,16,19,25,27,29-30,60H,4-6,8-9,11-15,17-18,20-24,26,28,31-59H2,1-3H3/b10-7-,19-16-,27-25-,30-29-. The van der Waals surface area contributed by atoms with E-state index >= 15 is 0 Å². The van der Waals surface area contributed by atoms with Crippen molar-refractivity contribution in [1.82, 2.24) is 0 Å². The predicted molar refractivity (Wildman–Crippen MR) is 298 cm³/mol. The van der Waals surface area contributed by atoms with Crippen LogP contribution >= 0.6 is 0 Å². The highest BCUT2D eigenvalue weighted by atomic mass is 16.6. The van der Waals surface area contributed by atoms with E-state index in [9.17, 15) is 14.4 Å². The van der Waals surface area contributed by atoms with Gasteiger partial charge in [-0.3, -0.25) is 14.4 Å². The number of allylic oxidation sites excluding steroid dienone is 8. The van der Waals surface area contributed by atoms with Gasteiger partial charge in [0.05, 0.1) is 0 Å². The molecule has 0 spiro atoms. The fourth-order valence-corrected chi connectivity index (χ4v) is 8.85. The third-order valence-electron chi connectivity index (χ3n) is 13.3. The summed E-state index contributed by atoms with van der Waals surface area (Å²) in [4.78, 5) is 38.2. The molecule has 1 atom stereocenters. The van der Waals surface area contributed by atoms with Crippen molar-refractivity contribution in [2.75, 3.05) is 13.2 Å². The van der Waals surface area contributed by atoms with E-state index in [0.29, 0.717) is 19.3 Å². The summed E-state index contributed by atoms with van der Waals surface area (Å²) >= 11 is 0. The summed E-state index contributed by atoms with van der Waals surface area (Å²) in [7, 11) is 0. The molecule has 0 aliphatic rings. The Hall–Kier alpha value is -2.63. The number of esters is 3. The van der Waals surface area contributed by atoms with Crippen molar-refractivity contribution in [3.8, 4) is 0 Å². The largest absolute Gasteiger partial charge is 0.462 e. The summed E-state index contributed by atoms with van der Waals surface area (Å²) in [5, 5.41) is 0. The maximum atomic E-state index is 12.8. The molecule has 402 valence electrons. The van der Waals surface area contributed by atoms with Crippen LogP contribution in [0.5, 0.6) is 0 Å². The molecule has 0 aromatic carbocycles. The number of rotatable bonds is 55. The van der Waals surface area contributed by atoms with Gasteiger partial charge in [-0.05, 0) is 57.8 Å². The van der Waals surface area contributed by atoms with E-state index in [0.717, 1.165) is 83.5 Å². The van der Waals surface area contributed by atoms with Crippen LogP contribution in [0.1, 0.15) is 316 Å². The summed E-state index contributed by atoms with van der Waals surface area (Å²) in [5.74, 6) is -0.851. The number of hydrogen-bond acceptors (Lipinski definition) is 6. The Balaban J connectivity index is 4.22. The highest BCUT2D eigenvalue weighted by Gasteiger charge is 2.19. The second kappa shape index (κ2) is 57.9. The highest BCUT2D eigenvalue weighted by Crippen LogP contribution is 2.17. The van der Waals surface area contributed by atoms with Gasteiger partial charge in [-0.25, -0.2) is 0 Å². The number of unbranched alkanes of at least 4 members (excludes halogenated alkanes) is 36. The van der Waals surface area contributed by atoms with Gasteiger partial charge in [0.25, 0.3) is 0 Å². The van der Waals surface area contributed by atoms with Crippen LogP contribution in [0.2, 0.25) is 0 Å². The molecule has 0 aliphatic heterocycles. The van der Waals surface area contributed by atoms with Crippen LogP contribution < -0.4 is 0 Å². The van der Waals surface area contributed by atoms with E-state index in [1.54, 1.807) is 0 Å². The lowest BCUT2D eigenvalue weighted by Gasteiger charge is -2.18. The molecule has 0 radical (unpaired) electrons. The lowest BCUT2D eigenvalue weighted by Crippen LogP contribution is -2.30. The molecule has 0 aromatic heterocycles. The number of hydrogen-bond donors (Lipinski definition) is 0. The van der Waals surface area contributed by atoms with Gasteiger partial charge in [0.2, 0.25) is 0 Å². The zero-order valence-electron chi connectivity index (χ0n) is 46.1. The van der Waals surface area contributed by atoms with Crippen LogP contribution in [0.4, 0.5) is 0 Å². The normalized spacial score (nSPS) is 12.3. The molecular formula is C63H114O6. The van der Waals surface area contributed by atoms with E-state index in [1.807, 2.05) is 0 Å². The topological polar surface area (TPSA) is 78.9 Å². The van der Waals surface area contributed by atoms with Crippen LogP contribution in [-0.4, -0.2) is 37.2 Å². The molecule has 0 fully saturated rings. The molecule has 0 N–H and O–H groups in total. The zero-order valence-corrected chi connectivity index (χ0v) is 46.1. The van der Waals surface area contributed by atoms with E-state index in [2.05, 4.69) is 69.4 Å². The second-order valence-electron chi connectivity index (χ2n) is 20.2. The van der Waals surface area contributed by atoms with Crippen molar-refractivity contribution in [1.29, 1.82) is 0 Å². The molecular weight excluding hydrogens is 853 g/mol.